The van der Waals surface area contributed by atoms with Gasteiger partial charge in [0.2, 0.25) is 0 Å². The fourth-order valence-corrected chi connectivity index (χ4v) is 9.11. The van der Waals surface area contributed by atoms with Crippen LogP contribution in [0.5, 0.6) is 0 Å². The van der Waals surface area contributed by atoms with Gasteiger partial charge in [0.25, 0.3) is 0 Å². The summed E-state index contributed by atoms with van der Waals surface area (Å²) in [5.74, 6) is 4.49. The van der Waals surface area contributed by atoms with Gasteiger partial charge < -0.3 is 9.84 Å². The van der Waals surface area contributed by atoms with Gasteiger partial charge in [-0.3, -0.25) is 4.79 Å². The quantitative estimate of drug-likeness (QED) is 0.357. The summed E-state index contributed by atoms with van der Waals surface area (Å²) in [5, 5.41) is 8.92. The van der Waals surface area contributed by atoms with Crippen molar-refractivity contribution in [2.75, 3.05) is 6.61 Å². The molecule has 33 heavy (non-hydrogen) atoms. The SMILES string of the molecule is CC(C)CCC[C@@H](C)[C@H]1CC[C@H]2[C@@H]3CC=C4C[C@@H](OCCC(=O)O)CC[C@]4(C)[C@H]3CC[C@]12C. The fourth-order valence-electron chi connectivity index (χ4n) is 9.11. The van der Waals surface area contributed by atoms with Gasteiger partial charge in [-0.1, -0.05) is 65.5 Å². The molecular formula is C30H50O3. The van der Waals surface area contributed by atoms with Gasteiger partial charge in [-0.15, -0.1) is 0 Å². The molecule has 3 heteroatoms. The molecule has 4 rings (SSSR count). The van der Waals surface area contributed by atoms with Gasteiger partial charge in [0, 0.05) is 0 Å². The normalized spacial score (nSPS) is 41.2. The second kappa shape index (κ2) is 10.0. The van der Waals surface area contributed by atoms with Crippen LogP contribution in [-0.2, 0) is 9.53 Å². The van der Waals surface area contributed by atoms with Crippen LogP contribution in [0.25, 0.3) is 0 Å². The van der Waals surface area contributed by atoms with E-state index in [0.717, 1.165) is 48.3 Å². The lowest BCUT2D eigenvalue weighted by atomic mass is 9.47. The minimum Gasteiger partial charge on any atom is -0.481 e. The Labute approximate surface area is 203 Å². The Morgan fingerprint density at radius 2 is 1.88 bits per heavy atom. The van der Waals surface area contributed by atoms with Gasteiger partial charge >= 0.3 is 5.97 Å². The standard InChI is InChI=1S/C30H50O3/c1-20(2)7-6-8-21(3)25-11-12-26-24-10-9-22-19-23(33-18-15-28(31)32)13-16-29(22,4)27(24)14-17-30(25,26)5/h9,20-21,23-27H,6-8,10-19H2,1-5H3,(H,31,32)/t21-,23+,24+,25-,26+,27+,29+,30-/m1/s1. The van der Waals surface area contributed by atoms with Crippen molar-refractivity contribution in [2.24, 2.45) is 46.3 Å². The number of rotatable bonds is 9. The summed E-state index contributed by atoms with van der Waals surface area (Å²) in [6.45, 7) is 12.9. The minimum atomic E-state index is -0.760. The summed E-state index contributed by atoms with van der Waals surface area (Å²) in [5.41, 5.74) is 2.53. The lowest BCUT2D eigenvalue weighted by Crippen LogP contribution is -2.51. The van der Waals surface area contributed by atoms with Gasteiger partial charge in [-0.2, -0.15) is 0 Å². The van der Waals surface area contributed by atoms with Crippen LogP contribution >= 0.6 is 0 Å². The number of carbonyl (C=O) groups is 1. The van der Waals surface area contributed by atoms with Crippen LogP contribution in [0, 0.1) is 46.3 Å². The van der Waals surface area contributed by atoms with Crippen molar-refractivity contribution >= 4 is 5.97 Å². The van der Waals surface area contributed by atoms with Crippen LogP contribution in [0.1, 0.15) is 112 Å². The second-order valence-corrected chi connectivity index (χ2v) is 13.2. The van der Waals surface area contributed by atoms with E-state index in [1.54, 1.807) is 5.57 Å². The van der Waals surface area contributed by atoms with Crippen LogP contribution in [0.3, 0.4) is 0 Å². The first-order chi connectivity index (χ1) is 15.6. The summed E-state index contributed by atoms with van der Waals surface area (Å²) < 4.78 is 5.97. The zero-order valence-electron chi connectivity index (χ0n) is 22.1. The Balaban J connectivity index is 1.41. The first-order valence-electron chi connectivity index (χ1n) is 14.2. The number of aliphatic carboxylic acids is 1. The van der Waals surface area contributed by atoms with Crippen molar-refractivity contribution in [3.05, 3.63) is 11.6 Å². The van der Waals surface area contributed by atoms with E-state index < -0.39 is 5.97 Å². The molecule has 0 aromatic rings. The van der Waals surface area contributed by atoms with Crippen molar-refractivity contribution in [1.82, 2.24) is 0 Å². The van der Waals surface area contributed by atoms with Crippen LogP contribution in [0.4, 0.5) is 0 Å². The molecule has 4 aliphatic carbocycles. The number of carboxylic acids is 1. The number of hydrogen-bond donors (Lipinski definition) is 1. The summed E-state index contributed by atoms with van der Waals surface area (Å²) in [7, 11) is 0. The maximum Gasteiger partial charge on any atom is 0.305 e. The molecule has 0 spiro atoms. The van der Waals surface area contributed by atoms with Gasteiger partial charge in [0.1, 0.15) is 0 Å². The lowest BCUT2D eigenvalue weighted by Gasteiger charge is -2.58. The van der Waals surface area contributed by atoms with E-state index in [1.807, 2.05) is 0 Å². The summed E-state index contributed by atoms with van der Waals surface area (Å²) in [6, 6.07) is 0. The molecule has 188 valence electrons. The Morgan fingerprint density at radius 3 is 2.61 bits per heavy atom. The van der Waals surface area contributed by atoms with E-state index in [4.69, 9.17) is 9.84 Å². The molecule has 3 saturated carbocycles. The van der Waals surface area contributed by atoms with Crippen LogP contribution in [-0.4, -0.2) is 23.8 Å². The van der Waals surface area contributed by atoms with Crippen LogP contribution in [0.15, 0.2) is 11.6 Å². The van der Waals surface area contributed by atoms with Gasteiger partial charge in [0.05, 0.1) is 19.1 Å². The number of ether oxygens (including phenoxy) is 1. The molecule has 0 bridgehead atoms. The number of allylic oxidation sites excluding steroid dienone is 1. The minimum absolute atomic E-state index is 0.120. The van der Waals surface area contributed by atoms with E-state index >= 15 is 0 Å². The molecule has 0 radical (unpaired) electrons. The Morgan fingerprint density at radius 1 is 1.09 bits per heavy atom. The van der Waals surface area contributed by atoms with E-state index in [0.29, 0.717) is 17.4 Å². The molecule has 3 fully saturated rings. The summed E-state index contributed by atoms with van der Waals surface area (Å²) >= 11 is 0. The Hall–Kier alpha value is -0.830. The van der Waals surface area contributed by atoms with Gasteiger partial charge in [0.15, 0.2) is 0 Å². The maximum atomic E-state index is 10.8. The third kappa shape index (κ3) is 4.95. The molecule has 0 heterocycles. The highest BCUT2D eigenvalue weighted by Crippen LogP contribution is 2.67. The van der Waals surface area contributed by atoms with E-state index in [2.05, 4.69) is 40.7 Å². The molecule has 0 unspecified atom stereocenters. The highest BCUT2D eigenvalue weighted by atomic mass is 16.5. The predicted molar refractivity (Wildman–Crippen MR) is 135 cm³/mol. The zero-order chi connectivity index (χ0) is 23.8. The van der Waals surface area contributed by atoms with Crippen molar-refractivity contribution in [2.45, 2.75) is 118 Å². The average molecular weight is 459 g/mol. The molecule has 0 amide bonds. The number of hydrogen-bond acceptors (Lipinski definition) is 2. The van der Waals surface area contributed by atoms with Gasteiger partial charge in [-0.05, 0) is 97.7 Å². The number of carboxylic acid groups (broad SMARTS) is 1. The molecular weight excluding hydrogens is 408 g/mol. The average Bonchev–Trinajstić information content (AvgIpc) is 3.10. The highest BCUT2D eigenvalue weighted by molar-refractivity contribution is 5.66. The van der Waals surface area contributed by atoms with Crippen molar-refractivity contribution in [3.63, 3.8) is 0 Å². The third-order valence-corrected chi connectivity index (χ3v) is 10.9. The molecule has 4 aliphatic rings. The Bertz CT molecular complexity index is 726. The first kappa shape index (κ1) is 25.3. The summed E-state index contributed by atoms with van der Waals surface area (Å²) in [4.78, 5) is 10.8. The first-order valence-corrected chi connectivity index (χ1v) is 14.2. The highest BCUT2D eigenvalue weighted by Gasteiger charge is 2.59. The van der Waals surface area contributed by atoms with E-state index in [-0.39, 0.29) is 12.5 Å². The van der Waals surface area contributed by atoms with E-state index in [1.165, 1.54) is 57.8 Å². The topological polar surface area (TPSA) is 46.5 Å². The molecule has 0 aromatic carbocycles. The van der Waals surface area contributed by atoms with E-state index in [9.17, 15) is 4.79 Å². The molecule has 0 saturated heterocycles. The lowest BCUT2D eigenvalue weighted by molar-refractivity contribution is -0.139. The molecule has 0 aliphatic heterocycles. The molecule has 3 nitrogen and oxygen atoms in total. The van der Waals surface area contributed by atoms with Crippen LogP contribution < -0.4 is 0 Å². The van der Waals surface area contributed by atoms with Crippen molar-refractivity contribution in [3.8, 4) is 0 Å². The van der Waals surface area contributed by atoms with Crippen molar-refractivity contribution in [1.29, 1.82) is 0 Å². The largest absolute Gasteiger partial charge is 0.481 e. The Kier molecular flexibility index (Phi) is 7.68. The zero-order valence-corrected chi connectivity index (χ0v) is 22.1. The molecule has 0 aromatic heterocycles. The summed E-state index contributed by atoms with van der Waals surface area (Å²) in [6.07, 6.45) is 17.5. The smallest absolute Gasteiger partial charge is 0.305 e. The molecule has 1 N–H and O–H groups in total. The second-order valence-electron chi connectivity index (χ2n) is 13.2. The maximum absolute atomic E-state index is 10.8. The van der Waals surface area contributed by atoms with Gasteiger partial charge in [-0.25, -0.2) is 0 Å². The molecule has 8 atom stereocenters. The third-order valence-electron chi connectivity index (χ3n) is 10.9. The van der Waals surface area contributed by atoms with Crippen molar-refractivity contribution < 1.29 is 14.6 Å². The van der Waals surface area contributed by atoms with Crippen LogP contribution in [0.2, 0.25) is 0 Å². The predicted octanol–water partition coefficient (Wildman–Crippen LogP) is 7.89. The fraction of sp³-hybridized carbons (Fsp3) is 0.900. The monoisotopic (exact) mass is 458 g/mol. The number of fused-ring (bicyclic) bond motifs is 5.